The van der Waals surface area contributed by atoms with Gasteiger partial charge in [-0.3, -0.25) is 19.4 Å². The minimum Gasteiger partial charge on any atom is -0.339 e. The van der Waals surface area contributed by atoms with Crippen LogP contribution in [0.4, 0.5) is 5.69 Å². The first kappa shape index (κ1) is 18.2. The van der Waals surface area contributed by atoms with Crippen molar-refractivity contribution < 1.29 is 14.4 Å². The molecular weight excluding hydrogens is 356 g/mol. The van der Waals surface area contributed by atoms with Gasteiger partial charge in [0.15, 0.2) is 0 Å². The van der Waals surface area contributed by atoms with E-state index in [2.05, 4.69) is 4.98 Å². The van der Waals surface area contributed by atoms with Crippen molar-refractivity contribution in [2.24, 2.45) is 5.92 Å². The van der Waals surface area contributed by atoms with Crippen LogP contribution in [0.5, 0.6) is 0 Å². The summed E-state index contributed by atoms with van der Waals surface area (Å²) in [6.07, 6.45) is 1.84. The van der Waals surface area contributed by atoms with Crippen molar-refractivity contribution in [1.29, 1.82) is 0 Å². The quantitative estimate of drug-likeness (QED) is 0.810. The minimum atomic E-state index is -0.328. The summed E-state index contributed by atoms with van der Waals surface area (Å²) in [4.78, 5) is 47.0. The Morgan fingerprint density at radius 1 is 0.893 bits per heavy atom. The summed E-state index contributed by atoms with van der Waals surface area (Å²) in [6, 6.07) is 14.7. The van der Waals surface area contributed by atoms with E-state index in [4.69, 9.17) is 0 Å². The predicted molar refractivity (Wildman–Crippen MR) is 104 cm³/mol. The normalized spacial score (nSPS) is 19.8. The lowest BCUT2D eigenvalue weighted by Crippen LogP contribution is -2.52. The van der Waals surface area contributed by atoms with Crippen molar-refractivity contribution in [2.45, 2.75) is 6.42 Å². The molecule has 0 bridgehead atoms. The second-order valence-corrected chi connectivity index (χ2v) is 7.07. The maximum absolute atomic E-state index is 12.9. The molecule has 7 nitrogen and oxygen atoms in total. The van der Waals surface area contributed by atoms with Gasteiger partial charge < -0.3 is 14.7 Å². The number of aromatic nitrogens is 1. The van der Waals surface area contributed by atoms with Gasteiger partial charge in [0.25, 0.3) is 5.91 Å². The van der Waals surface area contributed by atoms with Crippen LogP contribution in [0.2, 0.25) is 0 Å². The Kier molecular flexibility index (Phi) is 5.06. The molecule has 3 heterocycles. The minimum absolute atomic E-state index is 0.00304. The Labute approximate surface area is 163 Å². The first-order valence-corrected chi connectivity index (χ1v) is 9.48. The average Bonchev–Trinajstić information content (AvgIpc) is 3.15. The Morgan fingerprint density at radius 2 is 1.57 bits per heavy atom. The molecule has 2 aliphatic heterocycles. The van der Waals surface area contributed by atoms with E-state index in [-0.39, 0.29) is 30.1 Å². The maximum Gasteiger partial charge on any atom is 0.272 e. The molecule has 0 aliphatic carbocycles. The highest BCUT2D eigenvalue weighted by atomic mass is 16.2. The fraction of sp³-hybridized carbons (Fsp3) is 0.333. The lowest BCUT2D eigenvalue weighted by molar-refractivity contribution is -0.137. The van der Waals surface area contributed by atoms with Gasteiger partial charge in [0.05, 0.1) is 5.92 Å². The molecule has 3 amide bonds. The van der Waals surface area contributed by atoms with Crippen molar-refractivity contribution in [3.63, 3.8) is 0 Å². The van der Waals surface area contributed by atoms with Gasteiger partial charge in [-0.25, -0.2) is 0 Å². The molecule has 4 rings (SSSR count). The summed E-state index contributed by atoms with van der Waals surface area (Å²) in [7, 11) is 0. The van der Waals surface area contributed by atoms with Crippen molar-refractivity contribution in [3.8, 4) is 0 Å². The molecule has 7 heteroatoms. The fourth-order valence-corrected chi connectivity index (χ4v) is 3.77. The van der Waals surface area contributed by atoms with Gasteiger partial charge in [0.2, 0.25) is 11.8 Å². The molecule has 1 atom stereocenters. The number of rotatable bonds is 3. The van der Waals surface area contributed by atoms with E-state index in [9.17, 15) is 14.4 Å². The molecular formula is C21H22N4O3. The Balaban J connectivity index is 1.34. The molecule has 2 aliphatic rings. The number of hydrogen-bond donors (Lipinski definition) is 0. The number of carbonyl (C=O) groups excluding carboxylic acids is 3. The molecule has 0 N–H and O–H groups in total. The number of para-hydroxylation sites is 1. The number of nitrogens with zero attached hydrogens (tertiary/aromatic N) is 4. The van der Waals surface area contributed by atoms with Gasteiger partial charge in [-0.05, 0) is 24.3 Å². The highest BCUT2D eigenvalue weighted by Gasteiger charge is 2.38. The van der Waals surface area contributed by atoms with E-state index in [1.807, 2.05) is 30.3 Å². The van der Waals surface area contributed by atoms with Crippen LogP contribution < -0.4 is 4.90 Å². The Morgan fingerprint density at radius 3 is 2.25 bits per heavy atom. The summed E-state index contributed by atoms with van der Waals surface area (Å²) in [5.41, 5.74) is 1.25. The third-order valence-corrected chi connectivity index (χ3v) is 5.30. The van der Waals surface area contributed by atoms with E-state index in [1.165, 1.54) is 0 Å². The average molecular weight is 378 g/mol. The highest BCUT2D eigenvalue weighted by molar-refractivity contribution is 6.00. The van der Waals surface area contributed by atoms with Gasteiger partial charge in [0.1, 0.15) is 5.69 Å². The molecule has 2 fully saturated rings. The number of carbonyl (C=O) groups is 3. The van der Waals surface area contributed by atoms with E-state index in [0.29, 0.717) is 38.4 Å². The molecule has 0 unspecified atom stereocenters. The molecule has 1 aromatic carbocycles. The van der Waals surface area contributed by atoms with Crippen molar-refractivity contribution >= 4 is 23.4 Å². The summed E-state index contributed by atoms with van der Waals surface area (Å²) in [5.74, 6) is -0.463. The van der Waals surface area contributed by atoms with Gasteiger partial charge in [-0.2, -0.15) is 0 Å². The molecule has 0 saturated carbocycles. The maximum atomic E-state index is 12.9. The van der Waals surface area contributed by atoms with Crippen LogP contribution in [0.15, 0.2) is 54.7 Å². The fourth-order valence-electron chi connectivity index (χ4n) is 3.77. The topological polar surface area (TPSA) is 73.8 Å². The summed E-state index contributed by atoms with van der Waals surface area (Å²) < 4.78 is 0. The number of amides is 3. The van der Waals surface area contributed by atoms with E-state index in [1.54, 1.807) is 39.1 Å². The lowest BCUT2D eigenvalue weighted by atomic mass is 10.1. The first-order valence-electron chi connectivity index (χ1n) is 9.48. The molecule has 0 spiro atoms. The zero-order valence-corrected chi connectivity index (χ0v) is 15.5. The molecule has 2 aromatic rings. The number of hydrogen-bond acceptors (Lipinski definition) is 4. The molecule has 28 heavy (non-hydrogen) atoms. The zero-order valence-electron chi connectivity index (χ0n) is 15.5. The van der Waals surface area contributed by atoms with E-state index < -0.39 is 0 Å². The molecule has 144 valence electrons. The van der Waals surface area contributed by atoms with Crippen LogP contribution >= 0.6 is 0 Å². The van der Waals surface area contributed by atoms with Gasteiger partial charge in [-0.15, -0.1) is 0 Å². The third-order valence-electron chi connectivity index (χ3n) is 5.30. The van der Waals surface area contributed by atoms with E-state index in [0.717, 1.165) is 5.69 Å². The van der Waals surface area contributed by atoms with Crippen LogP contribution in [0.25, 0.3) is 0 Å². The van der Waals surface area contributed by atoms with Crippen LogP contribution in [0.3, 0.4) is 0 Å². The summed E-state index contributed by atoms with van der Waals surface area (Å²) in [6.45, 7) is 2.32. The largest absolute Gasteiger partial charge is 0.339 e. The summed E-state index contributed by atoms with van der Waals surface area (Å²) >= 11 is 0. The number of piperazine rings is 1. The second kappa shape index (κ2) is 7.80. The lowest BCUT2D eigenvalue weighted by Gasteiger charge is -2.35. The molecule has 2 saturated heterocycles. The summed E-state index contributed by atoms with van der Waals surface area (Å²) in [5, 5.41) is 0. The van der Waals surface area contributed by atoms with Crippen molar-refractivity contribution in [2.75, 3.05) is 37.6 Å². The number of anilines is 1. The zero-order chi connectivity index (χ0) is 19.5. The highest BCUT2D eigenvalue weighted by Crippen LogP contribution is 2.26. The van der Waals surface area contributed by atoms with Gasteiger partial charge in [0, 0.05) is 51.0 Å². The Bertz CT molecular complexity index is 864. The van der Waals surface area contributed by atoms with Crippen molar-refractivity contribution in [1.82, 2.24) is 14.8 Å². The van der Waals surface area contributed by atoms with Crippen molar-refractivity contribution in [3.05, 3.63) is 60.4 Å². The molecule has 1 aromatic heterocycles. The first-order chi connectivity index (χ1) is 13.6. The van der Waals surface area contributed by atoms with Crippen LogP contribution in [-0.4, -0.2) is 65.2 Å². The second-order valence-electron chi connectivity index (χ2n) is 7.07. The van der Waals surface area contributed by atoms with Crippen LogP contribution in [0.1, 0.15) is 16.9 Å². The van der Waals surface area contributed by atoms with Crippen LogP contribution in [0, 0.1) is 5.92 Å². The van der Waals surface area contributed by atoms with Crippen LogP contribution in [-0.2, 0) is 9.59 Å². The monoisotopic (exact) mass is 378 g/mol. The number of pyridine rings is 1. The number of benzene rings is 1. The Hall–Kier alpha value is -3.22. The van der Waals surface area contributed by atoms with Gasteiger partial charge >= 0.3 is 0 Å². The third kappa shape index (κ3) is 3.60. The molecule has 0 radical (unpaired) electrons. The van der Waals surface area contributed by atoms with Gasteiger partial charge in [-0.1, -0.05) is 24.3 Å². The smallest absolute Gasteiger partial charge is 0.272 e. The SMILES string of the molecule is O=C(c1ccccn1)N1CCN(C(=O)[C@H]2CC(=O)N(c3ccccc3)C2)CC1. The standard InChI is InChI=1S/C21H22N4O3/c26-19-14-16(15-25(19)17-6-2-1-3-7-17)20(27)23-10-12-24(13-11-23)21(28)18-8-4-5-9-22-18/h1-9,16H,10-15H2/t16-/m0/s1. The predicted octanol–water partition coefficient (Wildman–Crippen LogP) is 1.42. The van der Waals surface area contributed by atoms with E-state index >= 15 is 0 Å².